The highest BCUT2D eigenvalue weighted by Gasteiger charge is 2.16. The van der Waals surface area contributed by atoms with E-state index in [1.165, 1.54) is 23.4 Å². The van der Waals surface area contributed by atoms with Gasteiger partial charge in [0.1, 0.15) is 0 Å². The molecule has 0 aliphatic carbocycles. The fourth-order valence-electron chi connectivity index (χ4n) is 2.15. The van der Waals surface area contributed by atoms with E-state index < -0.39 is 0 Å². The SMILES string of the molecule is CC(=O)n1ncc(Sc2ccc(Cl)cc2)c1-c1ccc(Cl)cc1. The van der Waals surface area contributed by atoms with Gasteiger partial charge in [0.15, 0.2) is 0 Å². The van der Waals surface area contributed by atoms with Crippen LogP contribution in [0.25, 0.3) is 11.3 Å². The molecule has 0 saturated carbocycles. The second-order valence-corrected chi connectivity index (χ2v) is 6.84. The molecule has 0 unspecified atom stereocenters. The van der Waals surface area contributed by atoms with Gasteiger partial charge < -0.3 is 0 Å². The number of rotatable bonds is 3. The minimum Gasteiger partial charge on any atom is -0.273 e. The van der Waals surface area contributed by atoms with Crippen LogP contribution in [0.15, 0.2) is 64.5 Å². The number of benzene rings is 2. The third kappa shape index (κ3) is 3.61. The number of hydrogen-bond donors (Lipinski definition) is 0. The largest absolute Gasteiger partial charge is 0.273 e. The maximum absolute atomic E-state index is 11.9. The zero-order valence-corrected chi connectivity index (χ0v) is 14.5. The summed E-state index contributed by atoms with van der Waals surface area (Å²) in [5.74, 6) is -0.141. The average Bonchev–Trinajstić information content (AvgIpc) is 2.94. The van der Waals surface area contributed by atoms with Crippen molar-refractivity contribution in [2.45, 2.75) is 16.7 Å². The van der Waals surface area contributed by atoms with Crippen LogP contribution in [0.3, 0.4) is 0 Å². The lowest BCUT2D eigenvalue weighted by atomic mass is 10.1. The van der Waals surface area contributed by atoms with E-state index in [1.807, 2.05) is 36.4 Å². The van der Waals surface area contributed by atoms with E-state index >= 15 is 0 Å². The molecule has 0 radical (unpaired) electrons. The van der Waals surface area contributed by atoms with Crippen LogP contribution in [0.1, 0.15) is 11.7 Å². The Balaban J connectivity index is 2.05. The van der Waals surface area contributed by atoms with Crippen LogP contribution in [0, 0.1) is 0 Å². The molecule has 0 bridgehead atoms. The molecule has 1 aromatic heterocycles. The molecule has 0 saturated heterocycles. The summed E-state index contributed by atoms with van der Waals surface area (Å²) in [5.41, 5.74) is 1.65. The first-order chi connectivity index (χ1) is 11.0. The third-order valence-electron chi connectivity index (χ3n) is 3.19. The molecule has 3 rings (SSSR count). The van der Waals surface area contributed by atoms with Crippen LogP contribution in [0.4, 0.5) is 0 Å². The minimum atomic E-state index is -0.141. The molecule has 0 spiro atoms. The third-order valence-corrected chi connectivity index (χ3v) is 4.72. The Hall–Kier alpha value is -1.75. The summed E-state index contributed by atoms with van der Waals surface area (Å²) in [6, 6.07) is 14.9. The molecule has 0 N–H and O–H groups in total. The fourth-order valence-corrected chi connectivity index (χ4v) is 3.33. The van der Waals surface area contributed by atoms with Gasteiger partial charge >= 0.3 is 0 Å². The van der Waals surface area contributed by atoms with E-state index in [0.717, 1.165) is 21.0 Å². The standard InChI is InChI=1S/C17H12Cl2N2OS/c1-11(22)21-17(12-2-4-13(18)5-3-12)16(10-20-21)23-15-8-6-14(19)7-9-15/h2-10H,1H3. The van der Waals surface area contributed by atoms with Crippen molar-refractivity contribution in [3.63, 3.8) is 0 Å². The van der Waals surface area contributed by atoms with Crippen molar-refractivity contribution >= 4 is 40.9 Å². The fraction of sp³-hybridized carbons (Fsp3) is 0.0588. The lowest BCUT2D eigenvalue weighted by Crippen LogP contribution is -2.09. The van der Waals surface area contributed by atoms with Gasteiger partial charge in [-0.05, 0) is 36.4 Å². The number of carbonyl (C=O) groups excluding carboxylic acids is 1. The molecule has 1 heterocycles. The van der Waals surface area contributed by atoms with Gasteiger partial charge in [0.25, 0.3) is 0 Å². The molecular formula is C17H12Cl2N2OS. The van der Waals surface area contributed by atoms with Crippen molar-refractivity contribution in [2.75, 3.05) is 0 Å². The summed E-state index contributed by atoms with van der Waals surface area (Å²) in [7, 11) is 0. The van der Waals surface area contributed by atoms with Crippen LogP contribution in [0.5, 0.6) is 0 Å². The average molecular weight is 363 g/mol. The molecule has 23 heavy (non-hydrogen) atoms. The van der Waals surface area contributed by atoms with E-state index in [2.05, 4.69) is 5.10 Å². The van der Waals surface area contributed by atoms with E-state index in [1.54, 1.807) is 18.3 Å². The second-order valence-electron chi connectivity index (χ2n) is 4.85. The summed E-state index contributed by atoms with van der Waals surface area (Å²) < 4.78 is 1.40. The monoisotopic (exact) mass is 362 g/mol. The van der Waals surface area contributed by atoms with Gasteiger partial charge in [-0.3, -0.25) is 4.79 Å². The Morgan fingerprint density at radius 3 is 2.13 bits per heavy atom. The first-order valence-electron chi connectivity index (χ1n) is 6.83. The van der Waals surface area contributed by atoms with E-state index in [4.69, 9.17) is 23.2 Å². The van der Waals surface area contributed by atoms with Gasteiger partial charge in [-0.1, -0.05) is 47.1 Å². The van der Waals surface area contributed by atoms with Crippen molar-refractivity contribution < 1.29 is 4.79 Å². The Kier molecular flexibility index (Phi) is 4.76. The quantitative estimate of drug-likeness (QED) is 0.602. The van der Waals surface area contributed by atoms with Crippen molar-refractivity contribution in [2.24, 2.45) is 0 Å². The molecule has 2 aromatic carbocycles. The normalized spacial score (nSPS) is 10.7. The molecule has 3 nitrogen and oxygen atoms in total. The summed E-state index contributed by atoms with van der Waals surface area (Å²) in [4.78, 5) is 13.8. The molecule has 0 aliphatic heterocycles. The van der Waals surface area contributed by atoms with Gasteiger partial charge in [0.05, 0.1) is 16.8 Å². The van der Waals surface area contributed by atoms with Crippen molar-refractivity contribution in [1.82, 2.24) is 9.78 Å². The first-order valence-corrected chi connectivity index (χ1v) is 8.40. The maximum Gasteiger partial charge on any atom is 0.244 e. The highest BCUT2D eigenvalue weighted by atomic mass is 35.5. The molecule has 0 aliphatic rings. The van der Waals surface area contributed by atoms with E-state index in [9.17, 15) is 4.79 Å². The zero-order valence-electron chi connectivity index (χ0n) is 12.2. The molecule has 0 fully saturated rings. The lowest BCUT2D eigenvalue weighted by molar-refractivity contribution is 0.0923. The second kappa shape index (κ2) is 6.79. The van der Waals surface area contributed by atoms with Gasteiger partial charge in [0, 0.05) is 27.4 Å². The van der Waals surface area contributed by atoms with E-state index in [0.29, 0.717) is 10.0 Å². The summed E-state index contributed by atoms with van der Waals surface area (Å²) in [6.45, 7) is 1.49. The summed E-state index contributed by atoms with van der Waals surface area (Å²) in [5, 5.41) is 5.55. The molecule has 6 heteroatoms. The maximum atomic E-state index is 11.9. The van der Waals surface area contributed by atoms with Crippen molar-refractivity contribution in [3.05, 3.63) is 64.8 Å². The highest BCUT2D eigenvalue weighted by molar-refractivity contribution is 7.99. The lowest BCUT2D eigenvalue weighted by Gasteiger charge is -2.08. The molecular weight excluding hydrogens is 351 g/mol. The molecule has 116 valence electrons. The van der Waals surface area contributed by atoms with Crippen LogP contribution in [0.2, 0.25) is 10.0 Å². The smallest absolute Gasteiger partial charge is 0.244 e. The Morgan fingerprint density at radius 2 is 1.57 bits per heavy atom. The van der Waals surface area contributed by atoms with Gasteiger partial charge in [0.2, 0.25) is 5.91 Å². The molecule has 0 amide bonds. The van der Waals surface area contributed by atoms with Crippen LogP contribution in [-0.2, 0) is 0 Å². The Labute approximate surface area is 148 Å². The Bertz CT molecular complexity index is 842. The van der Waals surface area contributed by atoms with Gasteiger partial charge in [-0.25, -0.2) is 0 Å². The molecule has 3 aromatic rings. The van der Waals surface area contributed by atoms with Gasteiger partial charge in [-0.15, -0.1) is 0 Å². The topological polar surface area (TPSA) is 34.9 Å². The van der Waals surface area contributed by atoms with Crippen LogP contribution >= 0.6 is 35.0 Å². The van der Waals surface area contributed by atoms with E-state index in [-0.39, 0.29) is 5.91 Å². The first kappa shape index (κ1) is 16.1. The number of nitrogens with zero attached hydrogens (tertiary/aromatic N) is 2. The predicted octanol–water partition coefficient (Wildman–Crippen LogP) is 5.67. The summed E-state index contributed by atoms with van der Waals surface area (Å²) in [6.07, 6.45) is 1.70. The molecule has 0 atom stereocenters. The summed E-state index contributed by atoms with van der Waals surface area (Å²) >= 11 is 13.4. The number of carbonyl (C=O) groups is 1. The Morgan fingerprint density at radius 1 is 1.00 bits per heavy atom. The number of hydrogen-bond acceptors (Lipinski definition) is 3. The predicted molar refractivity (Wildman–Crippen MR) is 94.5 cm³/mol. The highest BCUT2D eigenvalue weighted by Crippen LogP contribution is 2.36. The van der Waals surface area contributed by atoms with Crippen LogP contribution in [-0.4, -0.2) is 15.7 Å². The zero-order chi connectivity index (χ0) is 16.4. The van der Waals surface area contributed by atoms with Gasteiger partial charge in [-0.2, -0.15) is 9.78 Å². The van der Waals surface area contributed by atoms with Crippen molar-refractivity contribution in [3.8, 4) is 11.3 Å². The number of aromatic nitrogens is 2. The minimum absolute atomic E-state index is 0.141. The van der Waals surface area contributed by atoms with Crippen LogP contribution < -0.4 is 0 Å². The number of halogens is 2. The van der Waals surface area contributed by atoms with Crippen molar-refractivity contribution in [1.29, 1.82) is 0 Å².